The van der Waals surface area contributed by atoms with E-state index in [0.29, 0.717) is 44.8 Å². The van der Waals surface area contributed by atoms with E-state index in [4.69, 9.17) is 4.74 Å². The molecule has 1 amide bonds. The Morgan fingerprint density at radius 1 is 1.09 bits per heavy atom. The Hall–Kier alpha value is -2.75. The Labute approximate surface area is 194 Å². The average molecular weight is 471 g/mol. The third kappa shape index (κ3) is 5.10. The molecule has 2 heterocycles. The fourth-order valence-corrected chi connectivity index (χ4v) is 5.72. The molecule has 3 aromatic rings. The Morgan fingerprint density at radius 3 is 2.45 bits per heavy atom. The monoisotopic (exact) mass is 470 g/mol. The fraction of sp³-hybridized carbons (Fsp3) is 0.417. The molecule has 33 heavy (non-hydrogen) atoms. The molecule has 1 aromatic heterocycles. The summed E-state index contributed by atoms with van der Waals surface area (Å²) in [4.78, 5) is 17.5. The molecule has 0 spiro atoms. The van der Waals surface area contributed by atoms with Crippen molar-refractivity contribution in [3.05, 3.63) is 53.3 Å². The van der Waals surface area contributed by atoms with Crippen molar-refractivity contribution < 1.29 is 17.9 Å². The smallest absolute Gasteiger partial charge is 0.243 e. The number of morpholine rings is 1. The lowest BCUT2D eigenvalue weighted by Crippen LogP contribution is -2.40. The number of benzene rings is 2. The molecule has 2 aromatic carbocycles. The number of hydrogen-bond acceptors (Lipinski definition) is 5. The number of carbonyl (C=O) groups is 1. The molecule has 0 aliphatic carbocycles. The Kier molecular flexibility index (Phi) is 6.83. The predicted octanol–water partition coefficient (Wildman–Crippen LogP) is 3.27. The van der Waals surface area contributed by atoms with E-state index < -0.39 is 10.0 Å². The fourth-order valence-electron chi connectivity index (χ4n) is 4.30. The molecule has 0 radical (unpaired) electrons. The largest absolute Gasteiger partial charge is 0.379 e. The highest BCUT2D eigenvalue weighted by molar-refractivity contribution is 7.89. The quantitative estimate of drug-likeness (QED) is 0.572. The van der Waals surface area contributed by atoms with Crippen LogP contribution in [0, 0.1) is 13.8 Å². The number of amides is 1. The van der Waals surface area contributed by atoms with E-state index in [9.17, 15) is 13.2 Å². The number of imidazole rings is 1. The van der Waals surface area contributed by atoms with Crippen LogP contribution in [0.3, 0.4) is 0 Å². The SMILES string of the molecule is CCn1c(CCC(=O)Nc2cc(C)cc(C)c2)nc2cc(S(=O)(=O)N3CCOCC3)ccc21. The molecule has 0 atom stereocenters. The Morgan fingerprint density at radius 2 is 1.79 bits per heavy atom. The highest BCUT2D eigenvalue weighted by atomic mass is 32.2. The summed E-state index contributed by atoms with van der Waals surface area (Å²) >= 11 is 0. The molecule has 1 aliphatic heterocycles. The van der Waals surface area contributed by atoms with E-state index in [1.54, 1.807) is 18.2 Å². The van der Waals surface area contributed by atoms with Crippen LogP contribution < -0.4 is 5.32 Å². The van der Waals surface area contributed by atoms with Gasteiger partial charge in [-0.15, -0.1) is 0 Å². The zero-order valence-corrected chi connectivity index (χ0v) is 20.1. The first kappa shape index (κ1) is 23.4. The summed E-state index contributed by atoms with van der Waals surface area (Å²) in [5.74, 6) is 0.689. The molecule has 0 unspecified atom stereocenters. The zero-order valence-electron chi connectivity index (χ0n) is 19.3. The third-order valence-electron chi connectivity index (χ3n) is 5.80. The summed E-state index contributed by atoms with van der Waals surface area (Å²) in [6, 6.07) is 11.0. The van der Waals surface area contributed by atoms with E-state index in [2.05, 4.69) is 16.4 Å². The van der Waals surface area contributed by atoms with Gasteiger partial charge in [0.15, 0.2) is 0 Å². The minimum atomic E-state index is -3.59. The van der Waals surface area contributed by atoms with Crippen LogP contribution in [0.15, 0.2) is 41.3 Å². The van der Waals surface area contributed by atoms with E-state index in [-0.39, 0.29) is 17.2 Å². The van der Waals surface area contributed by atoms with Crippen LogP contribution in [0.2, 0.25) is 0 Å². The van der Waals surface area contributed by atoms with Gasteiger partial charge in [-0.3, -0.25) is 4.79 Å². The number of anilines is 1. The van der Waals surface area contributed by atoms with Gasteiger partial charge in [0.2, 0.25) is 15.9 Å². The van der Waals surface area contributed by atoms with Gasteiger partial charge in [-0.2, -0.15) is 4.31 Å². The zero-order chi connectivity index (χ0) is 23.6. The van der Waals surface area contributed by atoms with E-state index in [1.165, 1.54) is 4.31 Å². The molecule has 0 saturated carbocycles. The first-order valence-corrected chi connectivity index (χ1v) is 12.7. The average Bonchev–Trinajstić information content (AvgIpc) is 3.14. The third-order valence-corrected chi connectivity index (χ3v) is 7.70. The first-order chi connectivity index (χ1) is 15.8. The van der Waals surface area contributed by atoms with Crippen LogP contribution >= 0.6 is 0 Å². The minimum absolute atomic E-state index is 0.0784. The number of sulfonamides is 1. The molecule has 9 heteroatoms. The van der Waals surface area contributed by atoms with Crippen molar-refractivity contribution in [3.63, 3.8) is 0 Å². The van der Waals surface area contributed by atoms with Gasteiger partial charge in [0.25, 0.3) is 0 Å². The predicted molar refractivity (Wildman–Crippen MR) is 128 cm³/mol. The minimum Gasteiger partial charge on any atom is -0.379 e. The summed E-state index contributed by atoms with van der Waals surface area (Å²) in [5.41, 5.74) is 4.47. The van der Waals surface area contributed by atoms with Crippen molar-refractivity contribution >= 4 is 32.7 Å². The van der Waals surface area contributed by atoms with E-state index in [1.807, 2.05) is 37.5 Å². The van der Waals surface area contributed by atoms with Crippen molar-refractivity contribution in [2.24, 2.45) is 0 Å². The first-order valence-electron chi connectivity index (χ1n) is 11.2. The number of hydrogen-bond donors (Lipinski definition) is 1. The highest BCUT2D eigenvalue weighted by Gasteiger charge is 2.27. The van der Waals surface area contributed by atoms with Gasteiger partial charge in [0, 0.05) is 38.2 Å². The molecule has 1 N–H and O–H groups in total. The second-order valence-electron chi connectivity index (χ2n) is 8.36. The maximum absolute atomic E-state index is 13.0. The van der Waals surface area contributed by atoms with E-state index >= 15 is 0 Å². The maximum atomic E-state index is 13.0. The lowest BCUT2D eigenvalue weighted by molar-refractivity contribution is -0.116. The van der Waals surface area contributed by atoms with Crippen molar-refractivity contribution in [1.82, 2.24) is 13.9 Å². The number of carbonyl (C=O) groups excluding carboxylic acids is 1. The maximum Gasteiger partial charge on any atom is 0.243 e. The Bertz CT molecular complexity index is 1260. The van der Waals surface area contributed by atoms with Gasteiger partial charge in [0.1, 0.15) is 5.82 Å². The van der Waals surface area contributed by atoms with Crippen LogP contribution in [-0.2, 0) is 32.5 Å². The van der Waals surface area contributed by atoms with Crippen molar-refractivity contribution in [1.29, 1.82) is 0 Å². The number of rotatable bonds is 7. The molecular weight excluding hydrogens is 440 g/mol. The molecule has 176 valence electrons. The number of ether oxygens (including phenoxy) is 1. The molecule has 8 nitrogen and oxygen atoms in total. The summed E-state index contributed by atoms with van der Waals surface area (Å²) in [5, 5.41) is 2.96. The molecule has 1 aliphatic rings. The number of aryl methyl sites for hydroxylation is 4. The highest BCUT2D eigenvalue weighted by Crippen LogP contribution is 2.24. The molecule has 1 saturated heterocycles. The van der Waals surface area contributed by atoms with E-state index in [0.717, 1.165) is 28.2 Å². The molecule has 0 bridgehead atoms. The molecular formula is C24H30N4O4S. The molecule has 4 rings (SSSR count). The number of nitrogens with one attached hydrogen (secondary N) is 1. The van der Waals surface area contributed by atoms with Crippen molar-refractivity contribution in [2.45, 2.75) is 45.1 Å². The second-order valence-corrected chi connectivity index (χ2v) is 10.3. The van der Waals surface area contributed by atoms with Gasteiger partial charge in [-0.05, 0) is 62.2 Å². The van der Waals surface area contributed by atoms with Gasteiger partial charge in [0.05, 0.1) is 29.1 Å². The number of fused-ring (bicyclic) bond motifs is 1. The summed E-state index contributed by atoms with van der Waals surface area (Å²) < 4.78 is 34.8. The van der Waals surface area contributed by atoms with Crippen LogP contribution in [0.5, 0.6) is 0 Å². The summed E-state index contributed by atoms with van der Waals surface area (Å²) in [6.45, 7) is 8.20. The van der Waals surface area contributed by atoms with Crippen LogP contribution in [0.25, 0.3) is 11.0 Å². The van der Waals surface area contributed by atoms with Gasteiger partial charge >= 0.3 is 0 Å². The number of aromatic nitrogens is 2. The second kappa shape index (κ2) is 9.62. The van der Waals surface area contributed by atoms with Crippen LogP contribution in [-0.4, -0.2) is 54.5 Å². The van der Waals surface area contributed by atoms with Crippen molar-refractivity contribution in [3.8, 4) is 0 Å². The lowest BCUT2D eigenvalue weighted by Gasteiger charge is -2.26. The normalized spacial score (nSPS) is 15.1. The van der Waals surface area contributed by atoms with Crippen LogP contribution in [0.4, 0.5) is 5.69 Å². The van der Waals surface area contributed by atoms with Gasteiger partial charge < -0.3 is 14.6 Å². The summed E-state index contributed by atoms with van der Waals surface area (Å²) in [7, 11) is -3.59. The lowest BCUT2D eigenvalue weighted by atomic mass is 10.1. The number of nitrogens with zero attached hydrogens (tertiary/aromatic N) is 3. The Balaban J connectivity index is 1.52. The molecule has 1 fully saturated rings. The topological polar surface area (TPSA) is 93.5 Å². The summed E-state index contributed by atoms with van der Waals surface area (Å²) in [6.07, 6.45) is 0.750. The van der Waals surface area contributed by atoms with Crippen molar-refractivity contribution in [2.75, 3.05) is 31.6 Å². The standard InChI is InChI=1S/C24H30N4O4S/c1-4-28-22-6-5-20(33(30,31)27-9-11-32-12-10-27)16-21(22)26-23(28)7-8-24(29)25-19-14-17(2)13-18(3)15-19/h5-6,13-16H,4,7-12H2,1-3H3,(H,25,29). The van der Waals surface area contributed by atoms with Gasteiger partial charge in [-0.25, -0.2) is 13.4 Å². The van der Waals surface area contributed by atoms with Crippen LogP contribution in [0.1, 0.15) is 30.3 Å². The van der Waals surface area contributed by atoms with Gasteiger partial charge in [-0.1, -0.05) is 6.07 Å².